The number of aryl methyl sites for hydroxylation is 1. The average molecular weight is 307 g/mol. The largest absolute Gasteiger partial charge is 0.340 e. The second kappa shape index (κ2) is 6.05. The molecule has 2 aliphatic rings. The van der Waals surface area contributed by atoms with Crippen molar-refractivity contribution in [3.63, 3.8) is 0 Å². The van der Waals surface area contributed by atoms with Gasteiger partial charge in [-0.1, -0.05) is 19.3 Å². The number of hydrogen-bond donors (Lipinski definition) is 1. The third-order valence-electron chi connectivity index (χ3n) is 4.87. The number of amides is 1. The fourth-order valence-corrected chi connectivity index (χ4v) is 4.56. The van der Waals surface area contributed by atoms with Gasteiger partial charge in [0.2, 0.25) is 5.91 Å². The SMILES string of the molecule is Cc1csc(C2CCCN(C(=O)C3(N)CCCCC3)C2)n1. The van der Waals surface area contributed by atoms with E-state index < -0.39 is 5.54 Å². The summed E-state index contributed by atoms with van der Waals surface area (Å²) in [6, 6.07) is 0. The van der Waals surface area contributed by atoms with Crippen LogP contribution in [-0.2, 0) is 4.79 Å². The second-order valence-electron chi connectivity index (χ2n) is 6.63. The minimum absolute atomic E-state index is 0.181. The first-order valence-electron chi connectivity index (χ1n) is 8.09. The van der Waals surface area contributed by atoms with Crippen molar-refractivity contribution in [3.8, 4) is 0 Å². The van der Waals surface area contributed by atoms with Gasteiger partial charge in [0.15, 0.2) is 0 Å². The molecule has 2 N–H and O–H groups in total. The molecule has 1 saturated carbocycles. The lowest BCUT2D eigenvalue weighted by atomic mass is 9.81. The van der Waals surface area contributed by atoms with E-state index in [1.54, 1.807) is 11.3 Å². The highest BCUT2D eigenvalue weighted by Crippen LogP contribution is 2.33. The molecule has 3 rings (SSSR count). The second-order valence-corrected chi connectivity index (χ2v) is 7.52. The minimum atomic E-state index is -0.598. The van der Waals surface area contributed by atoms with Gasteiger partial charge in [0.1, 0.15) is 0 Å². The molecule has 5 heteroatoms. The molecule has 1 amide bonds. The number of hydrogen-bond acceptors (Lipinski definition) is 4. The summed E-state index contributed by atoms with van der Waals surface area (Å²) in [5, 5.41) is 3.28. The maximum Gasteiger partial charge on any atom is 0.242 e. The van der Waals surface area contributed by atoms with Crippen molar-refractivity contribution in [3.05, 3.63) is 16.1 Å². The first-order valence-corrected chi connectivity index (χ1v) is 8.97. The highest BCUT2D eigenvalue weighted by molar-refractivity contribution is 7.09. The molecule has 21 heavy (non-hydrogen) atoms. The molecule has 2 fully saturated rings. The van der Waals surface area contributed by atoms with Crippen LogP contribution < -0.4 is 5.73 Å². The van der Waals surface area contributed by atoms with Crippen molar-refractivity contribution in [2.45, 2.75) is 63.3 Å². The first-order chi connectivity index (χ1) is 10.1. The lowest BCUT2D eigenvalue weighted by molar-refractivity contribution is -0.139. The van der Waals surface area contributed by atoms with E-state index in [1.165, 1.54) is 11.4 Å². The molecule has 0 aromatic carbocycles. The van der Waals surface area contributed by atoms with Crippen molar-refractivity contribution in [1.82, 2.24) is 9.88 Å². The lowest BCUT2D eigenvalue weighted by Crippen LogP contribution is -2.57. The number of piperidine rings is 1. The molecule has 1 unspecified atom stereocenters. The van der Waals surface area contributed by atoms with Gasteiger partial charge in [-0.25, -0.2) is 4.98 Å². The standard InChI is InChI=1S/C16H25N3OS/c1-12-11-21-14(18-12)13-6-5-9-19(10-13)15(20)16(17)7-3-2-4-8-16/h11,13H,2-10,17H2,1H3. The van der Waals surface area contributed by atoms with Crippen molar-refractivity contribution < 1.29 is 4.79 Å². The molecular formula is C16H25N3OS. The zero-order valence-corrected chi connectivity index (χ0v) is 13.6. The summed E-state index contributed by atoms with van der Waals surface area (Å²) >= 11 is 1.72. The van der Waals surface area contributed by atoms with E-state index in [2.05, 4.69) is 10.4 Å². The van der Waals surface area contributed by atoms with Gasteiger partial charge in [-0.05, 0) is 32.6 Å². The maximum absolute atomic E-state index is 12.8. The molecule has 1 atom stereocenters. The van der Waals surface area contributed by atoms with Crippen molar-refractivity contribution in [2.24, 2.45) is 5.73 Å². The van der Waals surface area contributed by atoms with E-state index in [0.717, 1.165) is 57.3 Å². The molecule has 2 heterocycles. The van der Waals surface area contributed by atoms with Crippen molar-refractivity contribution in [1.29, 1.82) is 0 Å². The van der Waals surface area contributed by atoms with Gasteiger partial charge in [-0.2, -0.15) is 0 Å². The van der Waals surface area contributed by atoms with Crippen LogP contribution in [0.25, 0.3) is 0 Å². The summed E-state index contributed by atoms with van der Waals surface area (Å²) in [6.07, 6.45) is 7.29. The van der Waals surface area contributed by atoms with Gasteiger partial charge in [0.05, 0.1) is 10.5 Å². The Balaban J connectivity index is 1.69. The predicted molar refractivity (Wildman–Crippen MR) is 85.4 cm³/mol. The first kappa shape index (κ1) is 15.0. The van der Waals surface area contributed by atoms with Gasteiger partial charge in [0.25, 0.3) is 0 Å². The maximum atomic E-state index is 12.8. The molecule has 0 bridgehead atoms. The highest BCUT2D eigenvalue weighted by Gasteiger charge is 2.40. The Hall–Kier alpha value is -0.940. The highest BCUT2D eigenvalue weighted by atomic mass is 32.1. The smallest absolute Gasteiger partial charge is 0.242 e. The molecule has 1 saturated heterocycles. The van der Waals surface area contributed by atoms with E-state index in [9.17, 15) is 4.79 Å². The van der Waals surface area contributed by atoms with Crippen molar-refractivity contribution >= 4 is 17.2 Å². The summed E-state index contributed by atoms with van der Waals surface area (Å²) < 4.78 is 0. The molecule has 1 aromatic heterocycles. The fourth-order valence-electron chi connectivity index (χ4n) is 3.63. The quantitative estimate of drug-likeness (QED) is 0.914. The topological polar surface area (TPSA) is 59.2 Å². The van der Waals surface area contributed by atoms with Gasteiger partial charge in [-0.15, -0.1) is 11.3 Å². The summed E-state index contributed by atoms with van der Waals surface area (Å²) in [5.74, 6) is 0.578. The van der Waals surface area contributed by atoms with Crippen LogP contribution in [0.2, 0.25) is 0 Å². The van der Waals surface area contributed by atoms with E-state index in [4.69, 9.17) is 5.73 Å². The average Bonchev–Trinajstić information content (AvgIpc) is 2.94. The van der Waals surface area contributed by atoms with Gasteiger partial charge >= 0.3 is 0 Å². The van der Waals surface area contributed by atoms with Crippen LogP contribution in [0.3, 0.4) is 0 Å². The van der Waals surface area contributed by atoms with Crippen LogP contribution in [0, 0.1) is 6.92 Å². The lowest BCUT2D eigenvalue weighted by Gasteiger charge is -2.40. The van der Waals surface area contributed by atoms with Crippen LogP contribution in [0.15, 0.2) is 5.38 Å². The molecule has 1 aliphatic carbocycles. The van der Waals surface area contributed by atoms with Crippen LogP contribution in [0.1, 0.15) is 61.6 Å². The number of nitrogens with zero attached hydrogens (tertiary/aromatic N) is 2. The summed E-state index contributed by atoms with van der Waals surface area (Å²) in [6.45, 7) is 3.69. The summed E-state index contributed by atoms with van der Waals surface area (Å²) in [5.41, 5.74) is 6.90. The Bertz CT molecular complexity index is 507. The van der Waals surface area contributed by atoms with Crippen molar-refractivity contribution in [2.75, 3.05) is 13.1 Å². The number of likely N-dealkylation sites (tertiary alicyclic amines) is 1. The number of nitrogens with two attached hydrogens (primary N) is 1. The fraction of sp³-hybridized carbons (Fsp3) is 0.750. The zero-order valence-electron chi connectivity index (χ0n) is 12.8. The normalized spacial score (nSPS) is 25.8. The Kier molecular flexibility index (Phi) is 4.31. The number of rotatable bonds is 2. The van der Waals surface area contributed by atoms with Gasteiger partial charge in [-0.3, -0.25) is 4.79 Å². The number of aromatic nitrogens is 1. The van der Waals surface area contributed by atoms with Gasteiger partial charge in [0, 0.05) is 30.1 Å². The summed E-state index contributed by atoms with van der Waals surface area (Å²) in [7, 11) is 0. The van der Waals surface area contributed by atoms with Crippen LogP contribution in [0.5, 0.6) is 0 Å². The molecule has 116 valence electrons. The molecule has 1 aliphatic heterocycles. The Morgan fingerprint density at radius 2 is 2.14 bits per heavy atom. The number of carbonyl (C=O) groups is 1. The Labute approximate surface area is 130 Å². The molecular weight excluding hydrogens is 282 g/mol. The Morgan fingerprint density at radius 1 is 1.38 bits per heavy atom. The van der Waals surface area contributed by atoms with E-state index in [-0.39, 0.29) is 5.91 Å². The van der Waals surface area contributed by atoms with Crippen LogP contribution in [-0.4, -0.2) is 34.4 Å². The van der Waals surface area contributed by atoms with Crippen LogP contribution >= 0.6 is 11.3 Å². The van der Waals surface area contributed by atoms with E-state index in [1.807, 2.05) is 11.8 Å². The number of thiazole rings is 1. The van der Waals surface area contributed by atoms with E-state index >= 15 is 0 Å². The zero-order chi connectivity index (χ0) is 14.9. The third kappa shape index (κ3) is 3.14. The third-order valence-corrected chi connectivity index (χ3v) is 5.99. The minimum Gasteiger partial charge on any atom is -0.340 e. The van der Waals surface area contributed by atoms with E-state index in [0.29, 0.717) is 5.92 Å². The number of carbonyl (C=O) groups excluding carboxylic acids is 1. The monoisotopic (exact) mass is 307 g/mol. The predicted octanol–water partition coefficient (Wildman–Crippen LogP) is 2.82. The Morgan fingerprint density at radius 3 is 2.81 bits per heavy atom. The molecule has 0 radical (unpaired) electrons. The van der Waals surface area contributed by atoms with Crippen LogP contribution in [0.4, 0.5) is 0 Å². The van der Waals surface area contributed by atoms with Gasteiger partial charge < -0.3 is 10.6 Å². The molecule has 0 spiro atoms. The summed E-state index contributed by atoms with van der Waals surface area (Å²) in [4.78, 5) is 19.5. The molecule has 4 nitrogen and oxygen atoms in total. The molecule has 1 aromatic rings.